The quantitative estimate of drug-likeness (QED) is 0.262. The molecule has 0 unspecified atom stereocenters. The summed E-state index contributed by atoms with van der Waals surface area (Å²) in [7, 11) is 0. The van der Waals surface area contributed by atoms with Gasteiger partial charge in [-0.05, 0) is 73.6 Å². The summed E-state index contributed by atoms with van der Waals surface area (Å²) in [5, 5.41) is 7.65. The van der Waals surface area contributed by atoms with Crippen molar-refractivity contribution < 1.29 is 9.21 Å². The first-order valence-corrected chi connectivity index (χ1v) is 12.9. The first kappa shape index (κ1) is 25.0. The maximum absolute atomic E-state index is 12.8. The van der Waals surface area contributed by atoms with Crippen molar-refractivity contribution in [3.05, 3.63) is 107 Å². The number of carbonyl (C=O) groups is 1. The number of thiocarbonyl (C=S) groups is 1. The fourth-order valence-electron chi connectivity index (χ4n) is 4.63. The minimum absolute atomic E-state index is 0.0770. The number of furan rings is 1. The van der Waals surface area contributed by atoms with Crippen LogP contribution < -0.4 is 10.6 Å². The Balaban J connectivity index is 1.42. The van der Waals surface area contributed by atoms with Gasteiger partial charge in [-0.3, -0.25) is 9.78 Å². The fraction of sp³-hybridized carbons (Fsp3) is 0.207. The van der Waals surface area contributed by atoms with Crippen LogP contribution in [0.5, 0.6) is 0 Å². The highest BCUT2D eigenvalue weighted by Gasteiger charge is 2.41. The summed E-state index contributed by atoms with van der Waals surface area (Å²) in [6.07, 6.45) is 2.03. The Morgan fingerprint density at radius 1 is 1.08 bits per heavy atom. The Morgan fingerprint density at radius 2 is 1.89 bits per heavy atom. The highest BCUT2D eigenvalue weighted by molar-refractivity contribution is 7.80. The second-order valence-electron chi connectivity index (χ2n) is 9.05. The predicted octanol–water partition coefficient (Wildman–Crippen LogP) is 6.61. The number of rotatable bonds is 7. The molecular formula is C29H27ClN4O2S. The first-order chi connectivity index (χ1) is 17.9. The van der Waals surface area contributed by atoms with Crippen LogP contribution in [-0.4, -0.2) is 27.4 Å². The third kappa shape index (κ3) is 5.24. The first-order valence-electron chi connectivity index (χ1n) is 12.1. The zero-order chi connectivity index (χ0) is 25.9. The van der Waals surface area contributed by atoms with Crippen molar-refractivity contribution in [1.29, 1.82) is 0 Å². The number of hydrogen-bond acceptors (Lipinski definition) is 4. The van der Waals surface area contributed by atoms with Gasteiger partial charge in [-0.1, -0.05) is 48.0 Å². The van der Waals surface area contributed by atoms with E-state index in [-0.39, 0.29) is 24.4 Å². The van der Waals surface area contributed by atoms with Gasteiger partial charge in [-0.2, -0.15) is 0 Å². The molecule has 1 aliphatic heterocycles. The molecule has 2 N–H and O–H groups in total. The molecule has 3 heterocycles. The van der Waals surface area contributed by atoms with Gasteiger partial charge in [-0.25, -0.2) is 0 Å². The average Bonchev–Trinajstić information content (AvgIpc) is 3.51. The smallest absolute Gasteiger partial charge is 0.226 e. The largest absolute Gasteiger partial charge is 0.459 e. The summed E-state index contributed by atoms with van der Waals surface area (Å²) in [5.41, 5.74) is 4.56. The van der Waals surface area contributed by atoms with E-state index in [4.69, 9.17) is 28.2 Å². The van der Waals surface area contributed by atoms with E-state index in [1.54, 1.807) is 6.20 Å². The number of amides is 1. The molecule has 8 heteroatoms. The summed E-state index contributed by atoms with van der Waals surface area (Å²) in [5.74, 6) is 1.38. The lowest BCUT2D eigenvalue weighted by Gasteiger charge is -2.26. The molecule has 0 spiro atoms. The van der Waals surface area contributed by atoms with Crippen molar-refractivity contribution >= 4 is 40.5 Å². The minimum Gasteiger partial charge on any atom is -0.459 e. The van der Waals surface area contributed by atoms with Crippen molar-refractivity contribution in [3.8, 4) is 11.3 Å². The highest BCUT2D eigenvalue weighted by Crippen LogP contribution is 2.41. The minimum atomic E-state index is -0.276. The number of nitrogens with one attached hydrogen (secondary N) is 2. The number of aryl methyl sites for hydroxylation is 1. The number of pyridine rings is 1. The second kappa shape index (κ2) is 10.7. The monoisotopic (exact) mass is 530 g/mol. The summed E-state index contributed by atoms with van der Waals surface area (Å²) in [4.78, 5) is 19.4. The molecule has 1 amide bonds. The third-order valence-corrected chi connectivity index (χ3v) is 7.41. The van der Waals surface area contributed by atoms with Crippen LogP contribution >= 0.6 is 23.8 Å². The normalized spacial score (nSPS) is 17.1. The van der Waals surface area contributed by atoms with Gasteiger partial charge >= 0.3 is 0 Å². The molecule has 0 bridgehead atoms. The van der Waals surface area contributed by atoms with E-state index in [9.17, 15) is 4.79 Å². The number of benzene rings is 2. The van der Waals surface area contributed by atoms with E-state index in [1.165, 1.54) is 0 Å². The van der Waals surface area contributed by atoms with E-state index < -0.39 is 0 Å². The topological polar surface area (TPSA) is 70.4 Å². The van der Waals surface area contributed by atoms with Gasteiger partial charge in [0.15, 0.2) is 5.11 Å². The maximum Gasteiger partial charge on any atom is 0.226 e. The molecule has 0 aliphatic carbocycles. The molecule has 0 radical (unpaired) electrons. The number of carbonyl (C=O) groups excluding carboxylic acids is 1. The number of hydrogen-bond donors (Lipinski definition) is 2. The number of para-hydroxylation sites is 1. The van der Waals surface area contributed by atoms with Crippen molar-refractivity contribution in [2.75, 3.05) is 11.9 Å². The lowest BCUT2D eigenvalue weighted by atomic mass is 10.0. The van der Waals surface area contributed by atoms with Gasteiger partial charge in [0.2, 0.25) is 5.91 Å². The molecule has 2 aromatic heterocycles. The molecule has 37 heavy (non-hydrogen) atoms. The van der Waals surface area contributed by atoms with Crippen LogP contribution in [0, 0.1) is 13.8 Å². The van der Waals surface area contributed by atoms with Gasteiger partial charge in [0, 0.05) is 35.4 Å². The molecule has 4 aromatic rings. The van der Waals surface area contributed by atoms with Crippen LogP contribution in [0.1, 0.15) is 41.1 Å². The van der Waals surface area contributed by atoms with Gasteiger partial charge in [-0.15, -0.1) is 0 Å². The lowest BCUT2D eigenvalue weighted by Crippen LogP contribution is -2.32. The van der Waals surface area contributed by atoms with Crippen molar-refractivity contribution in [1.82, 2.24) is 15.2 Å². The zero-order valence-corrected chi connectivity index (χ0v) is 22.1. The molecule has 1 aliphatic rings. The Kier molecular flexibility index (Phi) is 7.26. The number of aromatic nitrogens is 1. The van der Waals surface area contributed by atoms with Gasteiger partial charge in [0.1, 0.15) is 17.6 Å². The van der Waals surface area contributed by atoms with E-state index in [1.807, 2.05) is 91.5 Å². The van der Waals surface area contributed by atoms with E-state index in [0.717, 1.165) is 39.6 Å². The van der Waals surface area contributed by atoms with Crippen molar-refractivity contribution in [2.45, 2.75) is 32.4 Å². The van der Waals surface area contributed by atoms with E-state index in [0.29, 0.717) is 16.7 Å². The van der Waals surface area contributed by atoms with Crippen molar-refractivity contribution in [2.24, 2.45) is 0 Å². The zero-order valence-electron chi connectivity index (χ0n) is 20.6. The maximum atomic E-state index is 12.8. The molecular weight excluding hydrogens is 504 g/mol. The van der Waals surface area contributed by atoms with E-state index >= 15 is 0 Å². The molecule has 6 nitrogen and oxygen atoms in total. The number of nitrogens with zero attached hydrogens (tertiary/aromatic N) is 2. The number of anilines is 1. The molecule has 188 valence electrons. The summed E-state index contributed by atoms with van der Waals surface area (Å²) in [6, 6.07) is 22.7. The SMILES string of the molecule is Cc1ccccc1NC(=O)CCN1C(=S)N[C@H](c2ccccn2)[C@H]1c1ccc(-c2cccc(Cl)c2C)o1. The summed E-state index contributed by atoms with van der Waals surface area (Å²) < 4.78 is 6.41. The second-order valence-corrected chi connectivity index (χ2v) is 9.84. The third-order valence-electron chi connectivity index (χ3n) is 6.65. The predicted molar refractivity (Wildman–Crippen MR) is 150 cm³/mol. The van der Waals surface area contributed by atoms with Crippen LogP contribution in [0.2, 0.25) is 5.02 Å². The Morgan fingerprint density at radius 3 is 2.68 bits per heavy atom. The molecule has 1 saturated heterocycles. The average molecular weight is 531 g/mol. The Bertz CT molecular complexity index is 1440. The van der Waals surface area contributed by atoms with Crippen LogP contribution in [0.15, 0.2) is 83.4 Å². The molecule has 5 rings (SSSR count). The standard InChI is InChI=1S/C29H27ClN4O2S/c1-18-8-3-4-11-22(18)32-26(35)15-17-34-28(27(33-29(34)37)23-12-5-6-16-31-23)25-14-13-24(36-25)20-9-7-10-21(30)19(20)2/h3-14,16,27-28H,15,17H2,1-2H3,(H,32,35)(H,33,37)/t27-,28-/m1/s1. The van der Waals surface area contributed by atoms with Crippen LogP contribution in [0.4, 0.5) is 5.69 Å². The number of halogens is 1. The summed E-state index contributed by atoms with van der Waals surface area (Å²) >= 11 is 12.1. The fourth-order valence-corrected chi connectivity index (χ4v) is 5.14. The lowest BCUT2D eigenvalue weighted by molar-refractivity contribution is -0.116. The van der Waals surface area contributed by atoms with Crippen LogP contribution in [0.25, 0.3) is 11.3 Å². The highest BCUT2D eigenvalue weighted by atomic mass is 35.5. The molecule has 2 atom stereocenters. The Hall–Kier alpha value is -3.68. The van der Waals surface area contributed by atoms with Crippen LogP contribution in [-0.2, 0) is 4.79 Å². The molecule has 2 aromatic carbocycles. The van der Waals surface area contributed by atoms with E-state index in [2.05, 4.69) is 15.6 Å². The van der Waals surface area contributed by atoms with Gasteiger partial charge in [0.25, 0.3) is 0 Å². The van der Waals surface area contributed by atoms with Crippen molar-refractivity contribution in [3.63, 3.8) is 0 Å². The van der Waals surface area contributed by atoms with Gasteiger partial charge < -0.3 is 20.0 Å². The molecule has 1 fully saturated rings. The van der Waals surface area contributed by atoms with Gasteiger partial charge in [0.05, 0.1) is 11.7 Å². The summed E-state index contributed by atoms with van der Waals surface area (Å²) in [6.45, 7) is 4.37. The van der Waals surface area contributed by atoms with Crippen LogP contribution in [0.3, 0.4) is 0 Å². The molecule has 0 saturated carbocycles. The Labute approximate surface area is 226 Å².